The van der Waals surface area contributed by atoms with Gasteiger partial charge < -0.3 is 20.1 Å². The predicted octanol–water partition coefficient (Wildman–Crippen LogP) is 3.60. The SMILES string of the molecule is COc1cc2cc(c1)CC(=O)Nc1ccccc1NC(=O)C(CCCCCC(=O)NO)OCCC2. The lowest BCUT2D eigenvalue weighted by molar-refractivity contribution is -0.129. The van der Waals surface area contributed by atoms with Crippen molar-refractivity contribution < 1.29 is 29.1 Å². The molecule has 9 nitrogen and oxygen atoms in total. The molecule has 2 aromatic carbocycles. The molecule has 188 valence electrons. The fourth-order valence-electron chi connectivity index (χ4n) is 4.03. The number of methoxy groups -OCH3 is 1. The first-order valence-corrected chi connectivity index (χ1v) is 11.9. The average molecular weight is 484 g/mol. The zero-order valence-corrected chi connectivity index (χ0v) is 20.0. The summed E-state index contributed by atoms with van der Waals surface area (Å²) >= 11 is 0. The van der Waals surface area contributed by atoms with Crippen LogP contribution < -0.4 is 20.9 Å². The van der Waals surface area contributed by atoms with Crippen molar-refractivity contribution in [3.63, 3.8) is 0 Å². The number of hydrogen-bond acceptors (Lipinski definition) is 6. The van der Waals surface area contributed by atoms with Crippen molar-refractivity contribution in [1.82, 2.24) is 5.48 Å². The van der Waals surface area contributed by atoms with Gasteiger partial charge in [0.1, 0.15) is 11.9 Å². The molecule has 0 fully saturated rings. The molecule has 1 unspecified atom stereocenters. The number of unbranched alkanes of at least 4 members (excludes halogenated alkanes) is 2. The molecule has 0 saturated carbocycles. The molecule has 0 saturated heterocycles. The molecule has 1 heterocycles. The summed E-state index contributed by atoms with van der Waals surface area (Å²) in [6.07, 6.45) is 3.67. The Morgan fingerprint density at radius 1 is 1.09 bits per heavy atom. The second-order valence-corrected chi connectivity index (χ2v) is 8.55. The third kappa shape index (κ3) is 8.38. The molecule has 0 aromatic heterocycles. The van der Waals surface area contributed by atoms with E-state index in [9.17, 15) is 14.4 Å². The number of ether oxygens (including phenoxy) is 2. The Hall–Kier alpha value is -3.43. The molecule has 1 aliphatic rings. The largest absolute Gasteiger partial charge is 0.497 e. The Kier molecular flexibility index (Phi) is 10.1. The standard InChI is InChI=1S/C26H33N3O6/c1-34-20-15-18-8-7-13-35-23(11-3-2-4-12-24(30)29-33)26(32)28-22-10-6-5-9-21(22)27-25(31)17-19(14-18)16-20/h5-6,9-10,14-16,23,33H,2-4,7-8,11-13,17H2,1H3,(H,27,31)(H,28,32)(H,29,30). The lowest BCUT2D eigenvalue weighted by atomic mass is 10.0. The number of nitrogens with one attached hydrogen (secondary N) is 3. The molecule has 0 aliphatic carbocycles. The molecule has 2 aromatic rings. The summed E-state index contributed by atoms with van der Waals surface area (Å²) in [5.74, 6) is -0.204. The fraction of sp³-hybridized carbons (Fsp3) is 0.423. The molecular formula is C26H33N3O6. The van der Waals surface area contributed by atoms with Gasteiger partial charge in [-0.1, -0.05) is 31.0 Å². The van der Waals surface area contributed by atoms with E-state index in [4.69, 9.17) is 14.7 Å². The van der Waals surface area contributed by atoms with Crippen LogP contribution in [0.25, 0.3) is 0 Å². The Morgan fingerprint density at radius 2 is 1.83 bits per heavy atom. The maximum atomic E-state index is 13.1. The maximum Gasteiger partial charge on any atom is 0.253 e. The van der Waals surface area contributed by atoms with E-state index in [1.54, 1.807) is 36.9 Å². The molecular weight excluding hydrogens is 450 g/mol. The van der Waals surface area contributed by atoms with Crippen LogP contribution in [-0.2, 0) is 32.0 Å². The number of aryl methyl sites for hydroxylation is 1. The van der Waals surface area contributed by atoms with E-state index in [0.717, 1.165) is 24.0 Å². The molecule has 4 N–H and O–H groups in total. The van der Waals surface area contributed by atoms with Crippen molar-refractivity contribution in [2.75, 3.05) is 24.4 Å². The predicted molar refractivity (Wildman–Crippen MR) is 131 cm³/mol. The first-order valence-electron chi connectivity index (χ1n) is 11.9. The van der Waals surface area contributed by atoms with Gasteiger partial charge in [0, 0.05) is 13.0 Å². The Labute approximate surface area is 205 Å². The third-order valence-corrected chi connectivity index (χ3v) is 5.80. The van der Waals surface area contributed by atoms with E-state index >= 15 is 0 Å². The summed E-state index contributed by atoms with van der Waals surface area (Å²) in [7, 11) is 1.60. The fourth-order valence-corrected chi connectivity index (χ4v) is 4.03. The second-order valence-electron chi connectivity index (χ2n) is 8.55. The first-order chi connectivity index (χ1) is 17.0. The molecule has 1 atom stereocenters. The number of rotatable bonds is 7. The molecule has 35 heavy (non-hydrogen) atoms. The van der Waals surface area contributed by atoms with E-state index in [1.165, 1.54) is 0 Å². The zero-order valence-electron chi connectivity index (χ0n) is 20.0. The van der Waals surface area contributed by atoms with Gasteiger partial charge in [0.25, 0.3) is 5.91 Å². The van der Waals surface area contributed by atoms with Crippen LogP contribution in [0.3, 0.4) is 0 Å². The number of amides is 3. The summed E-state index contributed by atoms with van der Waals surface area (Å²) in [5, 5.41) is 14.4. The average Bonchev–Trinajstić information content (AvgIpc) is 2.85. The maximum absolute atomic E-state index is 13.1. The number of carbonyl (C=O) groups is 3. The van der Waals surface area contributed by atoms with Gasteiger partial charge in [-0.3, -0.25) is 19.6 Å². The van der Waals surface area contributed by atoms with Gasteiger partial charge in [-0.2, -0.15) is 0 Å². The minimum absolute atomic E-state index is 0.180. The van der Waals surface area contributed by atoms with Gasteiger partial charge in [-0.25, -0.2) is 5.48 Å². The van der Waals surface area contributed by atoms with Crippen molar-refractivity contribution in [1.29, 1.82) is 0 Å². The summed E-state index contributed by atoms with van der Waals surface area (Å²) in [5.41, 5.74) is 4.52. The highest BCUT2D eigenvalue weighted by molar-refractivity contribution is 6.01. The van der Waals surface area contributed by atoms with Crippen LogP contribution in [0.1, 0.15) is 49.7 Å². The lowest BCUT2D eigenvalue weighted by Gasteiger charge is -2.19. The van der Waals surface area contributed by atoms with Crippen LogP contribution in [0, 0.1) is 0 Å². The Morgan fingerprint density at radius 3 is 2.57 bits per heavy atom. The van der Waals surface area contributed by atoms with Crippen LogP contribution in [0.2, 0.25) is 0 Å². The minimum Gasteiger partial charge on any atom is -0.497 e. The highest BCUT2D eigenvalue weighted by Gasteiger charge is 2.21. The van der Waals surface area contributed by atoms with E-state index in [-0.39, 0.29) is 24.7 Å². The van der Waals surface area contributed by atoms with Crippen molar-refractivity contribution in [2.24, 2.45) is 0 Å². The second kappa shape index (κ2) is 13.5. The van der Waals surface area contributed by atoms with Crippen LogP contribution in [0.4, 0.5) is 11.4 Å². The molecule has 1 aliphatic heterocycles. The number of fused-ring (bicyclic) bond motifs is 3. The molecule has 0 radical (unpaired) electrons. The highest BCUT2D eigenvalue weighted by Crippen LogP contribution is 2.24. The monoisotopic (exact) mass is 483 g/mol. The van der Waals surface area contributed by atoms with Gasteiger partial charge in [-0.15, -0.1) is 0 Å². The topological polar surface area (TPSA) is 126 Å². The summed E-state index contributed by atoms with van der Waals surface area (Å²) in [4.78, 5) is 37.0. The van der Waals surface area contributed by atoms with E-state index in [1.807, 2.05) is 18.2 Å². The summed E-state index contributed by atoms with van der Waals surface area (Å²) < 4.78 is 11.4. The van der Waals surface area contributed by atoms with Crippen molar-refractivity contribution >= 4 is 29.1 Å². The highest BCUT2D eigenvalue weighted by atomic mass is 16.5. The van der Waals surface area contributed by atoms with Crippen molar-refractivity contribution in [3.8, 4) is 5.75 Å². The molecule has 0 spiro atoms. The number of benzene rings is 2. The molecule has 9 heteroatoms. The minimum atomic E-state index is -0.670. The smallest absolute Gasteiger partial charge is 0.253 e. The first kappa shape index (κ1) is 26.2. The lowest BCUT2D eigenvalue weighted by Crippen LogP contribution is -2.31. The third-order valence-electron chi connectivity index (χ3n) is 5.80. The number of hydrogen-bond donors (Lipinski definition) is 4. The molecule has 2 bridgehead atoms. The van der Waals surface area contributed by atoms with Crippen LogP contribution in [-0.4, -0.2) is 42.7 Å². The van der Waals surface area contributed by atoms with Crippen LogP contribution >= 0.6 is 0 Å². The Bertz CT molecular complexity index is 1030. The van der Waals surface area contributed by atoms with E-state index in [2.05, 4.69) is 10.6 Å². The van der Waals surface area contributed by atoms with Gasteiger partial charge in [0.15, 0.2) is 0 Å². The number of para-hydroxylation sites is 2. The normalized spacial score (nSPS) is 16.7. The van der Waals surface area contributed by atoms with Crippen LogP contribution in [0.5, 0.6) is 5.75 Å². The van der Waals surface area contributed by atoms with Crippen molar-refractivity contribution in [2.45, 2.75) is 57.5 Å². The number of anilines is 2. The van der Waals surface area contributed by atoms with Gasteiger partial charge in [0.2, 0.25) is 11.8 Å². The quantitative estimate of drug-likeness (QED) is 0.271. The van der Waals surface area contributed by atoms with Gasteiger partial charge in [0.05, 0.1) is 24.9 Å². The van der Waals surface area contributed by atoms with Crippen LogP contribution in [0.15, 0.2) is 42.5 Å². The van der Waals surface area contributed by atoms with E-state index in [0.29, 0.717) is 49.4 Å². The van der Waals surface area contributed by atoms with Gasteiger partial charge >= 0.3 is 0 Å². The summed E-state index contributed by atoms with van der Waals surface area (Å²) in [6.45, 7) is 0.399. The summed E-state index contributed by atoms with van der Waals surface area (Å²) in [6, 6.07) is 12.9. The molecule has 3 rings (SSSR count). The Balaban J connectivity index is 1.75. The number of carbonyl (C=O) groups excluding carboxylic acids is 3. The molecule has 3 amide bonds. The van der Waals surface area contributed by atoms with Crippen molar-refractivity contribution in [3.05, 3.63) is 53.6 Å². The van der Waals surface area contributed by atoms with Gasteiger partial charge in [-0.05, 0) is 61.1 Å². The number of hydroxylamine groups is 1. The zero-order chi connectivity index (χ0) is 25.0. The van der Waals surface area contributed by atoms with E-state index < -0.39 is 12.0 Å².